The number of amides is 3. The first-order valence-corrected chi connectivity index (χ1v) is 22.5. The number of esters is 8. The molecule has 0 unspecified atom stereocenters. The molecule has 0 aromatic carbocycles. The van der Waals surface area contributed by atoms with Gasteiger partial charge in [0.15, 0.2) is 12.2 Å². The summed E-state index contributed by atoms with van der Waals surface area (Å²) in [6, 6.07) is -4.20. The molecule has 3 aliphatic heterocycles. The fraction of sp³-hybridized carbons (Fsp3) is 0.725. The van der Waals surface area contributed by atoms with Crippen LogP contribution in [0.15, 0.2) is 0 Å². The minimum Gasteiger partial charge on any atom is -0.463 e. The maximum Gasteiger partial charge on any atom is 0.305 e. The van der Waals surface area contributed by atoms with Crippen LogP contribution < -0.4 is 16.0 Å². The first-order valence-electron chi connectivity index (χ1n) is 20.6. The highest BCUT2D eigenvalue weighted by Crippen LogP contribution is 2.45. The van der Waals surface area contributed by atoms with E-state index in [1.165, 1.54) is 0 Å². The molecule has 25 nitrogen and oxygen atoms in total. The molecule has 0 spiro atoms. The van der Waals surface area contributed by atoms with Gasteiger partial charge in [-0.1, -0.05) is 0 Å². The maximum absolute atomic E-state index is 13.1. The second kappa shape index (κ2) is 25.8. The lowest BCUT2D eigenvalue weighted by atomic mass is 9.97. The van der Waals surface area contributed by atoms with E-state index in [0.717, 1.165) is 99.7 Å². The van der Waals surface area contributed by atoms with Gasteiger partial charge in [-0.2, -0.15) is 0 Å². The fourth-order valence-corrected chi connectivity index (χ4v) is 10.6. The molecule has 0 aromatic heterocycles. The third kappa shape index (κ3) is 17.4. The molecule has 376 valence electrons. The Morgan fingerprint density at radius 3 is 1.07 bits per heavy atom. The molecular weight excluding hydrogens is 939 g/mol. The summed E-state index contributed by atoms with van der Waals surface area (Å²) >= 11 is 1.59. The van der Waals surface area contributed by atoms with Crippen molar-refractivity contribution in [1.29, 1.82) is 0 Å². The molecule has 0 saturated carbocycles. The van der Waals surface area contributed by atoms with Crippen molar-refractivity contribution < 1.29 is 105 Å². The Hall–Kier alpha value is -5.25. The van der Waals surface area contributed by atoms with Crippen molar-refractivity contribution in [2.24, 2.45) is 0 Å². The maximum atomic E-state index is 13.1. The van der Waals surface area contributed by atoms with Crippen LogP contribution in [-0.2, 0) is 105 Å². The molecule has 15 atom stereocenters. The second-order valence-electron chi connectivity index (χ2n) is 15.3. The Labute approximate surface area is 393 Å². The topological polar surface area (TPSA) is 325 Å². The lowest BCUT2D eigenvalue weighted by molar-refractivity contribution is -0.235. The molecule has 3 amide bonds. The zero-order chi connectivity index (χ0) is 50.4. The monoisotopic (exact) mass is 995 g/mol. The quantitative estimate of drug-likeness (QED) is 0.108. The molecule has 3 rings (SSSR count). The molecular formula is C40H57N3O22S2. The summed E-state index contributed by atoms with van der Waals surface area (Å²) in [7, 11) is 0. The number of thioether (sulfide) groups is 2. The van der Waals surface area contributed by atoms with E-state index >= 15 is 0 Å². The average molecular weight is 996 g/mol. The summed E-state index contributed by atoms with van der Waals surface area (Å²) in [6.45, 7) is 10.3. The minimum absolute atomic E-state index is 0.550. The average Bonchev–Trinajstić information content (AvgIpc) is 3.17. The van der Waals surface area contributed by atoms with E-state index in [2.05, 4.69) is 16.0 Å². The van der Waals surface area contributed by atoms with Crippen LogP contribution in [0.1, 0.15) is 76.2 Å². The summed E-state index contributed by atoms with van der Waals surface area (Å²) in [5.74, 6) is -8.71. The van der Waals surface area contributed by atoms with E-state index in [-0.39, 0.29) is 0 Å². The molecule has 3 saturated heterocycles. The number of hydrogen-bond donors (Lipinski definition) is 3. The molecule has 3 heterocycles. The smallest absolute Gasteiger partial charge is 0.305 e. The van der Waals surface area contributed by atoms with Crippen molar-refractivity contribution in [1.82, 2.24) is 16.0 Å². The molecule has 3 N–H and O–H groups in total. The molecule has 0 bridgehead atoms. The van der Waals surface area contributed by atoms with Gasteiger partial charge >= 0.3 is 47.8 Å². The van der Waals surface area contributed by atoms with Crippen LogP contribution in [0.4, 0.5) is 0 Å². The van der Waals surface area contributed by atoms with Crippen LogP contribution in [0.25, 0.3) is 0 Å². The predicted octanol–water partition coefficient (Wildman–Crippen LogP) is -1.14. The first kappa shape index (κ1) is 56.1. The first-order chi connectivity index (χ1) is 31.3. The van der Waals surface area contributed by atoms with E-state index in [1.54, 1.807) is 0 Å². The van der Waals surface area contributed by atoms with Gasteiger partial charge in [-0.25, -0.2) is 0 Å². The van der Waals surface area contributed by atoms with Crippen molar-refractivity contribution in [3.05, 3.63) is 0 Å². The molecule has 0 aliphatic carbocycles. The number of nitrogens with one attached hydrogen (secondary N) is 3. The van der Waals surface area contributed by atoms with Gasteiger partial charge < -0.3 is 68.1 Å². The predicted molar refractivity (Wildman–Crippen MR) is 225 cm³/mol. The van der Waals surface area contributed by atoms with Gasteiger partial charge in [-0.05, 0) is 0 Å². The summed E-state index contributed by atoms with van der Waals surface area (Å²) in [5, 5.41) is 5.42. The molecule has 3 fully saturated rings. The standard InChI is InChI=1S/C40H57N3O22S2/c1-15(44)41-29-34(60-23(9)52)36(27(13-56-19(5)48)63-38(29)62-25(11)54)66-40-31(43-17(3)46)35(61-24(10)53)37(28(65-40)14-57-20(6)49)67-39-30(42-16(2)45)33(59-22(8)51)32(58-21(7)50)26(64-39)12-55-18(4)47/h26-40H,12-14H2,1-11H3,(H,41,44)(H,42,45)(H,43,46)/t26-,27-,28-,29-,30-,31-,32-,33-,34-,35-,36-,37-,38+,39+,40+/m1/s1. The van der Waals surface area contributed by atoms with E-state index in [9.17, 15) is 52.7 Å². The Kier molecular flexibility index (Phi) is 21.6. The summed E-state index contributed by atoms with van der Waals surface area (Å²) in [5.41, 5.74) is -2.82. The highest BCUT2D eigenvalue weighted by atomic mass is 32.2. The van der Waals surface area contributed by atoms with E-state index in [0.29, 0.717) is 0 Å². The summed E-state index contributed by atoms with van der Waals surface area (Å²) < 4.78 is 63.4. The van der Waals surface area contributed by atoms with Gasteiger partial charge in [-0.3, -0.25) is 52.7 Å². The second-order valence-corrected chi connectivity index (χ2v) is 17.9. The van der Waals surface area contributed by atoms with Gasteiger partial charge in [0.25, 0.3) is 0 Å². The van der Waals surface area contributed by atoms with Crippen molar-refractivity contribution in [2.75, 3.05) is 19.8 Å². The summed E-state index contributed by atoms with van der Waals surface area (Å²) in [6.07, 6.45) is -11.6. The third-order valence-electron chi connectivity index (χ3n) is 9.47. The number of carbonyl (C=O) groups excluding carboxylic acids is 11. The molecule has 3 aliphatic rings. The molecule has 0 radical (unpaired) electrons. The zero-order valence-corrected chi connectivity index (χ0v) is 40.2. The van der Waals surface area contributed by atoms with E-state index < -0.39 is 174 Å². The Morgan fingerprint density at radius 1 is 0.373 bits per heavy atom. The fourth-order valence-electron chi connectivity index (χ4n) is 7.34. The SMILES string of the molecule is CC(=O)N[C@@H]1[C@@H](OC(C)=O)[C@H](OC(C)=O)[C@@H](COC(C)=O)O[C@H]1S[C@H]1[C@H](OC(C)=O)[C@@H](NC(C)=O)[C@H](S[C@H]2[C@H](OC(C)=O)[C@@H](NC(C)=O)[C@@H](OC(C)=O)O[C@@H]2COC(C)=O)O[C@@H]1COC(C)=O. The Bertz CT molecular complexity index is 1870. The highest BCUT2D eigenvalue weighted by Gasteiger charge is 2.58. The number of rotatable bonds is 18. The highest BCUT2D eigenvalue weighted by molar-refractivity contribution is 8.01. The minimum atomic E-state index is -1.61. The van der Waals surface area contributed by atoms with Crippen LogP contribution in [0.3, 0.4) is 0 Å². The van der Waals surface area contributed by atoms with Gasteiger partial charge in [0.1, 0.15) is 79.3 Å². The van der Waals surface area contributed by atoms with Crippen molar-refractivity contribution in [3.8, 4) is 0 Å². The van der Waals surface area contributed by atoms with Crippen molar-refractivity contribution in [2.45, 2.75) is 165 Å². The van der Waals surface area contributed by atoms with Crippen LogP contribution in [0.2, 0.25) is 0 Å². The van der Waals surface area contributed by atoms with Crippen molar-refractivity contribution in [3.63, 3.8) is 0 Å². The van der Waals surface area contributed by atoms with Gasteiger partial charge in [-0.15, -0.1) is 23.5 Å². The van der Waals surface area contributed by atoms with Gasteiger partial charge in [0.05, 0.1) is 10.5 Å². The molecule has 0 aromatic rings. The van der Waals surface area contributed by atoms with Gasteiger partial charge in [0, 0.05) is 76.2 Å². The Balaban J connectivity index is 2.31. The van der Waals surface area contributed by atoms with Crippen molar-refractivity contribution >= 4 is 89.0 Å². The van der Waals surface area contributed by atoms with Crippen LogP contribution >= 0.6 is 23.5 Å². The lowest BCUT2D eigenvalue weighted by Crippen LogP contribution is -2.68. The van der Waals surface area contributed by atoms with Gasteiger partial charge in [0.2, 0.25) is 24.0 Å². The number of ether oxygens (including phenoxy) is 11. The van der Waals surface area contributed by atoms with E-state index in [1.807, 2.05) is 0 Å². The van der Waals surface area contributed by atoms with Crippen LogP contribution in [-0.4, -0.2) is 174 Å². The number of hydrogen-bond acceptors (Lipinski definition) is 24. The third-order valence-corrected chi connectivity index (χ3v) is 12.6. The Morgan fingerprint density at radius 2 is 0.687 bits per heavy atom. The van der Waals surface area contributed by atoms with E-state index in [4.69, 9.17) is 52.1 Å². The summed E-state index contributed by atoms with van der Waals surface area (Å²) in [4.78, 5) is 138. The van der Waals surface area contributed by atoms with Crippen LogP contribution in [0.5, 0.6) is 0 Å². The molecule has 67 heavy (non-hydrogen) atoms. The number of carbonyl (C=O) groups is 11. The lowest BCUT2D eigenvalue weighted by Gasteiger charge is -2.51. The normalized spacial score (nSPS) is 31.2. The largest absolute Gasteiger partial charge is 0.463 e. The zero-order valence-electron chi connectivity index (χ0n) is 38.6. The van der Waals surface area contributed by atoms with Crippen LogP contribution in [0, 0.1) is 0 Å². The molecule has 27 heteroatoms.